The minimum Gasteiger partial charge on any atom is -0.444 e. The van der Waals surface area contributed by atoms with E-state index in [1.54, 1.807) is 0 Å². The zero-order valence-corrected chi connectivity index (χ0v) is 17.0. The first-order valence-electron chi connectivity index (χ1n) is 9.25. The van der Waals surface area contributed by atoms with E-state index in [2.05, 4.69) is 32.0 Å². The number of aromatic nitrogens is 1. The Labute approximate surface area is 154 Å². The summed E-state index contributed by atoms with van der Waals surface area (Å²) < 4.78 is 5.50. The van der Waals surface area contributed by atoms with Crippen LogP contribution < -0.4 is 0 Å². The number of H-pyrrole nitrogens is 1. The molecule has 0 aromatic carbocycles. The highest BCUT2D eigenvalue weighted by Gasteiger charge is 2.29. The summed E-state index contributed by atoms with van der Waals surface area (Å²) in [5.74, 6) is 1.08. The van der Waals surface area contributed by atoms with Crippen molar-refractivity contribution in [2.45, 2.75) is 71.8 Å². The molecule has 0 unspecified atom stereocenters. The second-order valence-corrected chi connectivity index (χ2v) is 9.49. The number of aryl methyl sites for hydroxylation is 1. The van der Waals surface area contributed by atoms with E-state index in [-0.39, 0.29) is 6.09 Å². The zero-order chi connectivity index (χ0) is 18.4. The molecule has 0 radical (unpaired) electrons. The van der Waals surface area contributed by atoms with Gasteiger partial charge in [-0.05, 0) is 63.5 Å². The quantitative estimate of drug-likeness (QED) is 0.736. The third-order valence-corrected chi connectivity index (χ3v) is 6.36. The Hall–Kier alpha value is -1.49. The van der Waals surface area contributed by atoms with Gasteiger partial charge in [-0.2, -0.15) is 0 Å². The summed E-state index contributed by atoms with van der Waals surface area (Å²) in [5.41, 5.74) is 2.42. The lowest BCUT2D eigenvalue weighted by Crippen LogP contribution is -2.41. The molecular weight excluding hydrogens is 332 g/mol. The van der Waals surface area contributed by atoms with Crippen LogP contribution in [0.2, 0.25) is 0 Å². The first-order chi connectivity index (χ1) is 11.7. The molecule has 0 atom stereocenters. The van der Waals surface area contributed by atoms with E-state index in [0.717, 1.165) is 25.9 Å². The normalized spacial score (nSPS) is 16.8. The van der Waals surface area contributed by atoms with Crippen molar-refractivity contribution in [3.8, 4) is 0 Å². The number of fused-ring (bicyclic) bond motifs is 1. The van der Waals surface area contributed by atoms with Gasteiger partial charge in [0.1, 0.15) is 10.4 Å². The van der Waals surface area contributed by atoms with Crippen LogP contribution in [0.25, 0.3) is 10.2 Å². The molecule has 1 aliphatic heterocycles. The minimum absolute atomic E-state index is 0.178. The number of hydrogen-bond acceptors (Lipinski definition) is 3. The third kappa shape index (κ3) is 3.71. The summed E-state index contributed by atoms with van der Waals surface area (Å²) in [6.07, 6.45) is 4.01. The van der Waals surface area contributed by atoms with Crippen molar-refractivity contribution in [2.75, 3.05) is 13.1 Å². The molecular formula is C20H30N2O2S. The summed E-state index contributed by atoms with van der Waals surface area (Å²) in [5, 5.41) is 1.42. The standard InChI is InChI=1S/C20H30N2O2S/c1-12(2)15-11-21-18-16(15)13(3)17(25-18)14-7-9-22(10-8-14)19(23)24-20(4,5)6/h11-12,14,21H,7-10H2,1-6H3. The van der Waals surface area contributed by atoms with Crippen LogP contribution in [0.15, 0.2) is 6.20 Å². The Kier molecular flexibility index (Phi) is 4.89. The number of rotatable bonds is 2. The van der Waals surface area contributed by atoms with Crippen LogP contribution in [0.1, 0.15) is 75.3 Å². The molecule has 1 N–H and O–H groups in total. The summed E-state index contributed by atoms with van der Waals surface area (Å²) in [7, 11) is 0. The van der Waals surface area contributed by atoms with Gasteiger partial charge in [-0.15, -0.1) is 11.3 Å². The second-order valence-electron chi connectivity index (χ2n) is 8.44. The smallest absolute Gasteiger partial charge is 0.410 e. The summed E-state index contributed by atoms with van der Waals surface area (Å²) in [4.78, 5) is 20.3. The lowest BCUT2D eigenvalue weighted by Gasteiger charge is -2.33. The lowest BCUT2D eigenvalue weighted by molar-refractivity contribution is 0.0205. The van der Waals surface area contributed by atoms with E-state index < -0.39 is 5.60 Å². The van der Waals surface area contributed by atoms with Gasteiger partial charge in [-0.3, -0.25) is 0 Å². The molecule has 1 amide bonds. The Bertz CT molecular complexity index is 759. The molecule has 0 aliphatic carbocycles. The van der Waals surface area contributed by atoms with Gasteiger partial charge < -0.3 is 14.6 Å². The summed E-state index contributed by atoms with van der Waals surface area (Å²) in [6, 6.07) is 0. The van der Waals surface area contributed by atoms with Gasteiger partial charge in [0, 0.05) is 29.5 Å². The average molecular weight is 363 g/mol. The van der Waals surface area contributed by atoms with E-state index in [1.165, 1.54) is 26.2 Å². The van der Waals surface area contributed by atoms with Crippen LogP contribution in [0.3, 0.4) is 0 Å². The largest absolute Gasteiger partial charge is 0.444 e. The van der Waals surface area contributed by atoms with Crippen LogP contribution in [-0.2, 0) is 4.74 Å². The molecule has 3 rings (SSSR count). The second kappa shape index (κ2) is 6.67. The van der Waals surface area contributed by atoms with Crippen molar-refractivity contribution in [1.29, 1.82) is 0 Å². The van der Waals surface area contributed by atoms with Gasteiger partial charge in [0.15, 0.2) is 0 Å². The van der Waals surface area contributed by atoms with Gasteiger partial charge >= 0.3 is 6.09 Å². The highest BCUT2D eigenvalue weighted by Crippen LogP contribution is 2.42. The summed E-state index contributed by atoms with van der Waals surface area (Å²) in [6.45, 7) is 14.1. The molecule has 1 aliphatic rings. The topological polar surface area (TPSA) is 45.3 Å². The maximum absolute atomic E-state index is 12.2. The molecule has 5 heteroatoms. The lowest BCUT2D eigenvalue weighted by atomic mass is 9.91. The van der Waals surface area contributed by atoms with Gasteiger partial charge in [0.2, 0.25) is 0 Å². The van der Waals surface area contributed by atoms with E-state index in [1.807, 2.05) is 37.0 Å². The molecule has 25 heavy (non-hydrogen) atoms. The predicted octanol–water partition coefficient (Wildman–Crippen LogP) is 5.78. The van der Waals surface area contributed by atoms with Crippen LogP contribution in [-0.4, -0.2) is 34.7 Å². The molecule has 2 aromatic rings. The minimum atomic E-state index is -0.426. The van der Waals surface area contributed by atoms with Gasteiger partial charge in [0.25, 0.3) is 0 Å². The van der Waals surface area contributed by atoms with Crippen molar-refractivity contribution in [3.05, 3.63) is 22.2 Å². The Morgan fingerprint density at radius 2 is 1.96 bits per heavy atom. The van der Waals surface area contributed by atoms with E-state index in [4.69, 9.17) is 4.74 Å². The predicted molar refractivity (Wildman–Crippen MR) is 105 cm³/mol. The molecule has 0 spiro atoms. The number of carbonyl (C=O) groups is 1. The van der Waals surface area contributed by atoms with E-state index in [0.29, 0.717) is 11.8 Å². The maximum Gasteiger partial charge on any atom is 0.410 e. The van der Waals surface area contributed by atoms with Gasteiger partial charge in [-0.1, -0.05) is 13.8 Å². The third-order valence-electron chi connectivity index (χ3n) is 4.97. The molecule has 1 saturated heterocycles. The molecule has 3 heterocycles. The monoisotopic (exact) mass is 362 g/mol. The molecule has 4 nitrogen and oxygen atoms in total. The van der Waals surface area contributed by atoms with Crippen LogP contribution >= 0.6 is 11.3 Å². The van der Waals surface area contributed by atoms with Crippen molar-refractivity contribution in [2.24, 2.45) is 0 Å². The Morgan fingerprint density at radius 3 is 2.52 bits per heavy atom. The zero-order valence-electron chi connectivity index (χ0n) is 16.2. The fraction of sp³-hybridized carbons (Fsp3) is 0.650. The first kappa shape index (κ1) is 18.3. The Balaban J connectivity index is 1.72. The molecule has 0 saturated carbocycles. The number of amides is 1. The van der Waals surface area contributed by atoms with Crippen LogP contribution in [0.5, 0.6) is 0 Å². The summed E-state index contributed by atoms with van der Waals surface area (Å²) >= 11 is 1.90. The first-order valence-corrected chi connectivity index (χ1v) is 10.1. The number of nitrogens with one attached hydrogen (secondary N) is 1. The van der Waals surface area contributed by atoms with Crippen LogP contribution in [0, 0.1) is 6.92 Å². The van der Waals surface area contributed by atoms with Crippen molar-refractivity contribution in [3.63, 3.8) is 0 Å². The molecule has 0 bridgehead atoms. The number of likely N-dealkylation sites (tertiary alicyclic amines) is 1. The molecule has 1 fully saturated rings. The number of aromatic amines is 1. The fourth-order valence-corrected chi connectivity index (χ4v) is 5.06. The molecule has 138 valence electrons. The number of nitrogens with zero attached hydrogens (tertiary/aromatic N) is 1. The van der Waals surface area contributed by atoms with Crippen molar-refractivity contribution >= 4 is 27.6 Å². The number of piperidine rings is 1. The van der Waals surface area contributed by atoms with Gasteiger partial charge in [0.05, 0.1) is 0 Å². The van der Waals surface area contributed by atoms with Crippen molar-refractivity contribution in [1.82, 2.24) is 9.88 Å². The average Bonchev–Trinajstić information content (AvgIpc) is 3.06. The number of carbonyl (C=O) groups excluding carboxylic acids is 1. The number of ether oxygens (including phenoxy) is 1. The Morgan fingerprint density at radius 1 is 1.32 bits per heavy atom. The molecule has 2 aromatic heterocycles. The fourth-order valence-electron chi connectivity index (χ4n) is 3.69. The van der Waals surface area contributed by atoms with E-state index in [9.17, 15) is 4.79 Å². The van der Waals surface area contributed by atoms with E-state index >= 15 is 0 Å². The van der Waals surface area contributed by atoms with Gasteiger partial charge in [-0.25, -0.2) is 4.79 Å². The van der Waals surface area contributed by atoms with Crippen molar-refractivity contribution < 1.29 is 9.53 Å². The number of thiophene rings is 1. The SMILES string of the molecule is Cc1c(C2CCN(C(=O)OC(C)(C)C)CC2)sc2[nH]cc(C(C)C)c12. The van der Waals surface area contributed by atoms with Crippen LogP contribution in [0.4, 0.5) is 4.79 Å². The highest BCUT2D eigenvalue weighted by atomic mass is 32.1. The highest BCUT2D eigenvalue weighted by molar-refractivity contribution is 7.19. The number of hydrogen-bond donors (Lipinski definition) is 1. The maximum atomic E-state index is 12.2.